The van der Waals surface area contributed by atoms with Gasteiger partial charge < -0.3 is 0 Å². The van der Waals surface area contributed by atoms with E-state index < -0.39 is 0 Å². The average molecular weight is 278 g/mol. The van der Waals surface area contributed by atoms with Crippen molar-refractivity contribution >= 4 is 17.4 Å². The normalized spacial score (nSPS) is 10.5. The second-order valence-corrected chi connectivity index (χ2v) is 4.77. The molecule has 0 saturated heterocycles. The molecule has 19 heavy (non-hydrogen) atoms. The van der Waals surface area contributed by atoms with Gasteiger partial charge in [0.15, 0.2) is 5.78 Å². The van der Waals surface area contributed by atoms with Crippen molar-refractivity contribution in [2.75, 3.05) is 0 Å². The number of rotatable bonds is 3. The van der Waals surface area contributed by atoms with E-state index in [0.29, 0.717) is 22.0 Å². The Balaban J connectivity index is 2.48. The van der Waals surface area contributed by atoms with Crippen molar-refractivity contribution in [1.82, 2.24) is 4.98 Å². The van der Waals surface area contributed by atoms with E-state index in [9.17, 15) is 9.18 Å². The van der Waals surface area contributed by atoms with E-state index in [0.717, 1.165) is 5.56 Å². The van der Waals surface area contributed by atoms with Gasteiger partial charge in [0.2, 0.25) is 0 Å². The maximum absolute atomic E-state index is 13.6. The summed E-state index contributed by atoms with van der Waals surface area (Å²) in [5.41, 5.74) is 2.24. The molecule has 0 aliphatic carbocycles. The maximum Gasteiger partial charge on any atom is 0.161 e. The average Bonchev–Trinajstić information content (AvgIpc) is 2.36. The Bertz CT molecular complexity index is 640. The van der Waals surface area contributed by atoms with Crippen molar-refractivity contribution in [3.63, 3.8) is 0 Å². The van der Waals surface area contributed by atoms with Crippen LogP contribution in [0.3, 0.4) is 0 Å². The number of aromatic nitrogens is 1. The molecule has 0 radical (unpaired) electrons. The fourth-order valence-corrected chi connectivity index (χ4v) is 2.04. The van der Waals surface area contributed by atoms with Crippen LogP contribution in [0.25, 0.3) is 0 Å². The van der Waals surface area contributed by atoms with E-state index in [4.69, 9.17) is 11.6 Å². The molecule has 2 nitrogen and oxygen atoms in total. The lowest BCUT2D eigenvalue weighted by Crippen LogP contribution is -2.06. The Labute approximate surface area is 116 Å². The van der Waals surface area contributed by atoms with E-state index in [2.05, 4.69) is 4.98 Å². The topological polar surface area (TPSA) is 30.0 Å². The predicted molar refractivity (Wildman–Crippen MR) is 73.2 cm³/mol. The van der Waals surface area contributed by atoms with Gasteiger partial charge in [-0.1, -0.05) is 29.8 Å². The molecular formula is C15H13ClFNO. The summed E-state index contributed by atoms with van der Waals surface area (Å²) < 4.78 is 13.6. The first kappa shape index (κ1) is 13.7. The Morgan fingerprint density at radius 1 is 1.37 bits per heavy atom. The molecule has 0 N–H and O–H groups in total. The Kier molecular flexibility index (Phi) is 3.96. The number of pyridine rings is 1. The molecule has 0 spiro atoms. The molecule has 0 saturated carbocycles. The minimum atomic E-state index is -0.310. The number of Topliss-reactive ketones (excluding diaryl/α,β-unsaturated/α-hetero) is 1. The number of carbonyl (C=O) groups is 1. The van der Waals surface area contributed by atoms with Crippen LogP contribution in [0.1, 0.15) is 34.1 Å². The molecule has 4 heteroatoms. The molecule has 0 atom stereocenters. The summed E-state index contributed by atoms with van der Waals surface area (Å²) in [6.07, 6.45) is 0.252. The van der Waals surface area contributed by atoms with Crippen LogP contribution < -0.4 is 0 Å². The minimum absolute atomic E-state index is 0.0985. The Morgan fingerprint density at radius 3 is 2.68 bits per heavy atom. The van der Waals surface area contributed by atoms with Crippen molar-refractivity contribution in [2.24, 2.45) is 0 Å². The van der Waals surface area contributed by atoms with E-state index in [1.807, 2.05) is 0 Å². The molecule has 1 aromatic carbocycles. The van der Waals surface area contributed by atoms with Crippen molar-refractivity contribution in [2.45, 2.75) is 20.3 Å². The molecule has 1 heterocycles. The molecular weight excluding hydrogens is 265 g/mol. The zero-order chi connectivity index (χ0) is 14.0. The molecule has 98 valence electrons. The molecule has 1 aromatic heterocycles. The first-order chi connectivity index (χ1) is 8.99. The van der Waals surface area contributed by atoms with Gasteiger partial charge in [-0.05, 0) is 37.1 Å². The minimum Gasteiger partial charge on any atom is -0.294 e. The summed E-state index contributed by atoms with van der Waals surface area (Å²) in [6.45, 7) is 3.25. The number of benzene rings is 1. The van der Waals surface area contributed by atoms with Crippen LogP contribution in [0.5, 0.6) is 0 Å². The van der Waals surface area contributed by atoms with Gasteiger partial charge in [-0.3, -0.25) is 4.79 Å². The van der Waals surface area contributed by atoms with Gasteiger partial charge in [-0.25, -0.2) is 9.37 Å². The number of carbonyl (C=O) groups excluding carboxylic acids is 1. The van der Waals surface area contributed by atoms with Crippen LogP contribution in [0.4, 0.5) is 4.39 Å². The van der Waals surface area contributed by atoms with Crippen molar-refractivity contribution in [3.05, 3.63) is 63.7 Å². The standard InChI is InChI=1S/C15H13ClFNO/c1-9-7-12(10(2)19)14(18-15(9)16)8-11-5-3-4-6-13(11)17/h3-7H,8H2,1-2H3. The van der Waals surface area contributed by atoms with Crippen LogP contribution in [0.15, 0.2) is 30.3 Å². The van der Waals surface area contributed by atoms with Crippen LogP contribution in [-0.4, -0.2) is 10.8 Å². The van der Waals surface area contributed by atoms with E-state index in [1.165, 1.54) is 13.0 Å². The van der Waals surface area contributed by atoms with Crippen LogP contribution in [0.2, 0.25) is 5.15 Å². The number of nitrogens with zero attached hydrogens (tertiary/aromatic N) is 1. The highest BCUT2D eigenvalue weighted by Crippen LogP contribution is 2.21. The van der Waals surface area contributed by atoms with Crippen molar-refractivity contribution in [1.29, 1.82) is 0 Å². The zero-order valence-electron chi connectivity index (χ0n) is 10.7. The zero-order valence-corrected chi connectivity index (χ0v) is 11.5. The lowest BCUT2D eigenvalue weighted by molar-refractivity contribution is 0.101. The second-order valence-electron chi connectivity index (χ2n) is 4.41. The highest BCUT2D eigenvalue weighted by atomic mass is 35.5. The first-order valence-corrected chi connectivity index (χ1v) is 6.27. The number of hydrogen-bond donors (Lipinski definition) is 0. The fraction of sp³-hybridized carbons (Fsp3) is 0.200. The highest BCUT2D eigenvalue weighted by molar-refractivity contribution is 6.30. The summed E-state index contributed by atoms with van der Waals surface area (Å²) >= 11 is 5.98. The van der Waals surface area contributed by atoms with Crippen LogP contribution in [-0.2, 0) is 6.42 Å². The molecule has 0 unspecified atom stereocenters. The van der Waals surface area contributed by atoms with Crippen LogP contribution >= 0.6 is 11.6 Å². The van der Waals surface area contributed by atoms with E-state index in [1.54, 1.807) is 31.2 Å². The largest absolute Gasteiger partial charge is 0.294 e. The number of ketones is 1. The van der Waals surface area contributed by atoms with E-state index in [-0.39, 0.29) is 18.0 Å². The summed E-state index contributed by atoms with van der Waals surface area (Å²) in [5.74, 6) is -0.408. The Hall–Kier alpha value is -1.74. The smallest absolute Gasteiger partial charge is 0.161 e. The first-order valence-electron chi connectivity index (χ1n) is 5.89. The van der Waals surface area contributed by atoms with Gasteiger partial charge in [0.05, 0.1) is 5.69 Å². The van der Waals surface area contributed by atoms with Gasteiger partial charge in [0, 0.05) is 12.0 Å². The summed E-state index contributed by atoms with van der Waals surface area (Å²) in [6, 6.07) is 8.14. The number of aryl methyl sites for hydroxylation is 1. The highest BCUT2D eigenvalue weighted by Gasteiger charge is 2.14. The lowest BCUT2D eigenvalue weighted by atomic mass is 10.0. The third-order valence-corrected chi connectivity index (χ3v) is 3.31. The van der Waals surface area contributed by atoms with Crippen molar-refractivity contribution < 1.29 is 9.18 Å². The quantitative estimate of drug-likeness (QED) is 0.627. The molecule has 0 aliphatic rings. The van der Waals surface area contributed by atoms with Gasteiger partial charge in [-0.2, -0.15) is 0 Å². The second kappa shape index (κ2) is 5.49. The third-order valence-electron chi connectivity index (χ3n) is 2.93. The molecule has 0 aliphatic heterocycles. The van der Waals surface area contributed by atoms with Gasteiger partial charge in [-0.15, -0.1) is 0 Å². The summed E-state index contributed by atoms with van der Waals surface area (Å²) in [5, 5.41) is 0.344. The van der Waals surface area contributed by atoms with Crippen molar-refractivity contribution in [3.8, 4) is 0 Å². The van der Waals surface area contributed by atoms with Gasteiger partial charge >= 0.3 is 0 Å². The molecule has 0 amide bonds. The summed E-state index contributed by atoms with van der Waals surface area (Å²) in [7, 11) is 0. The molecule has 0 fully saturated rings. The SMILES string of the molecule is CC(=O)c1cc(C)c(Cl)nc1Cc1ccccc1F. The monoisotopic (exact) mass is 277 g/mol. The third kappa shape index (κ3) is 2.99. The van der Waals surface area contributed by atoms with Gasteiger partial charge in [0.25, 0.3) is 0 Å². The number of hydrogen-bond acceptors (Lipinski definition) is 2. The molecule has 2 aromatic rings. The molecule has 2 rings (SSSR count). The fourth-order valence-electron chi connectivity index (χ4n) is 1.89. The predicted octanol–water partition coefficient (Wildman–Crippen LogP) is 3.98. The van der Waals surface area contributed by atoms with Gasteiger partial charge in [0.1, 0.15) is 11.0 Å². The lowest BCUT2D eigenvalue weighted by Gasteiger charge is -2.09. The van der Waals surface area contributed by atoms with E-state index >= 15 is 0 Å². The Morgan fingerprint density at radius 2 is 2.05 bits per heavy atom. The molecule has 0 bridgehead atoms. The number of halogens is 2. The maximum atomic E-state index is 13.6. The summed E-state index contributed by atoms with van der Waals surface area (Å²) in [4.78, 5) is 15.8. The van der Waals surface area contributed by atoms with Crippen LogP contribution in [0, 0.1) is 12.7 Å².